The molecule has 0 aromatic rings. The fourth-order valence-corrected chi connectivity index (χ4v) is 1.97. The van der Waals surface area contributed by atoms with Crippen molar-refractivity contribution >= 4 is 11.9 Å². The van der Waals surface area contributed by atoms with Crippen molar-refractivity contribution in [1.82, 2.24) is 0 Å². The third-order valence-electron chi connectivity index (χ3n) is 3.62. The Kier molecular flexibility index (Phi) is 21.2. The van der Waals surface area contributed by atoms with Crippen molar-refractivity contribution in [3.63, 3.8) is 0 Å². The lowest BCUT2D eigenvalue weighted by molar-refractivity contribution is -0.200. The van der Waals surface area contributed by atoms with E-state index < -0.39 is 37.5 Å². The lowest BCUT2D eigenvalue weighted by atomic mass is 10.6. The summed E-state index contributed by atoms with van der Waals surface area (Å²) in [6.45, 7) is 1.83. The van der Waals surface area contributed by atoms with Crippen LogP contribution in [0.15, 0.2) is 0 Å². The lowest BCUT2D eigenvalue weighted by Gasteiger charge is -2.09. The Morgan fingerprint density at radius 1 is 0.351 bits per heavy atom. The van der Waals surface area contributed by atoms with Gasteiger partial charge in [-0.05, 0) is 0 Å². The summed E-state index contributed by atoms with van der Waals surface area (Å²) in [6.07, 6.45) is -10.0. The molecule has 0 amide bonds. The van der Waals surface area contributed by atoms with Crippen LogP contribution < -0.4 is 0 Å². The highest BCUT2D eigenvalue weighted by Gasteiger charge is 2.41. The van der Waals surface area contributed by atoms with Crippen LogP contribution in [0.5, 0.6) is 0 Å². The Balaban J connectivity index is 3.16. The van der Waals surface area contributed by atoms with Crippen molar-refractivity contribution in [2.75, 3.05) is 106 Å². The molecule has 0 bridgehead atoms. The van der Waals surface area contributed by atoms with E-state index in [1.54, 1.807) is 0 Å². The van der Waals surface area contributed by atoms with Crippen molar-refractivity contribution in [3.05, 3.63) is 0 Å². The van der Waals surface area contributed by atoms with Gasteiger partial charge in [0, 0.05) is 0 Å². The molecule has 0 aromatic heterocycles. The number of carbonyl (C=O) groups is 2. The molecule has 0 aliphatic carbocycles. The summed E-state index contributed by atoms with van der Waals surface area (Å²) >= 11 is 0. The molecule has 0 unspecified atom stereocenters. The molecule has 220 valence electrons. The quantitative estimate of drug-likeness (QED) is 0.0963. The van der Waals surface area contributed by atoms with E-state index in [1.165, 1.54) is 0 Å². The Hall–Kier alpha value is -1.76. The minimum Gasteiger partial charge on any atom is -0.457 e. The fraction of sp³-hybridized carbons (Fsp3) is 0.900. The molecule has 0 heterocycles. The Labute approximate surface area is 209 Å². The van der Waals surface area contributed by atoms with Crippen LogP contribution in [0, 0.1) is 0 Å². The van der Waals surface area contributed by atoms with Crippen molar-refractivity contribution in [2.24, 2.45) is 0 Å². The minimum absolute atomic E-state index is 0.123. The first-order valence-corrected chi connectivity index (χ1v) is 11.1. The summed E-state index contributed by atoms with van der Waals surface area (Å²) in [4.78, 5) is 20.9. The van der Waals surface area contributed by atoms with Crippen LogP contribution in [0.3, 0.4) is 0 Å². The Morgan fingerprint density at radius 2 is 0.514 bits per heavy atom. The largest absolute Gasteiger partial charge is 0.490 e. The highest BCUT2D eigenvalue weighted by Crippen LogP contribution is 2.16. The van der Waals surface area contributed by atoms with E-state index in [1.807, 2.05) is 0 Å². The van der Waals surface area contributed by atoms with Crippen molar-refractivity contribution in [1.29, 1.82) is 0 Å². The van der Waals surface area contributed by atoms with Crippen LogP contribution in [0.1, 0.15) is 0 Å². The van der Waals surface area contributed by atoms with Gasteiger partial charge in [0.25, 0.3) is 0 Å². The first-order chi connectivity index (χ1) is 17.5. The van der Waals surface area contributed by atoms with Gasteiger partial charge in [0.1, 0.15) is 13.2 Å². The molecule has 0 radical (unpaired) electrons. The Bertz CT molecular complexity index is 528. The van der Waals surface area contributed by atoms with Gasteiger partial charge in [-0.15, -0.1) is 0 Å². The molecule has 0 rings (SSSR count). The molecule has 0 aliphatic heterocycles. The molecule has 0 fully saturated rings. The van der Waals surface area contributed by atoms with E-state index in [2.05, 4.69) is 9.47 Å². The number of esters is 2. The second kappa shape index (κ2) is 22.2. The first-order valence-electron chi connectivity index (χ1n) is 11.1. The summed E-state index contributed by atoms with van der Waals surface area (Å²) in [6, 6.07) is 0. The lowest BCUT2D eigenvalue weighted by Crippen LogP contribution is -2.26. The van der Waals surface area contributed by atoms with Crippen molar-refractivity contribution < 1.29 is 78.6 Å². The van der Waals surface area contributed by atoms with Gasteiger partial charge in [0.2, 0.25) is 0 Å². The first kappa shape index (κ1) is 35.2. The monoisotopic (exact) mass is 562 g/mol. The normalized spacial score (nSPS) is 12.1. The SMILES string of the molecule is O=C(OCCOCCOCCOCCOCCOCCOCCOCCOC(=O)C(F)(F)F)C(F)(F)F. The van der Waals surface area contributed by atoms with Gasteiger partial charge in [0.15, 0.2) is 0 Å². The van der Waals surface area contributed by atoms with Gasteiger partial charge in [0.05, 0.1) is 92.5 Å². The molecule has 0 spiro atoms. The maximum atomic E-state index is 11.9. The van der Waals surface area contributed by atoms with E-state index in [9.17, 15) is 35.9 Å². The van der Waals surface area contributed by atoms with Gasteiger partial charge in [-0.3, -0.25) is 0 Å². The molecule has 0 aromatic carbocycles. The summed E-state index contributed by atoms with van der Waals surface area (Å²) in [5.41, 5.74) is 0. The van der Waals surface area contributed by atoms with Crippen molar-refractivity contribution in [3.8, 4) is 0 Å². The number of hydrogen-bond donors (Lipinski definition) is 0. The van der Waals surface area contributed by atoms with E-state index in [4.69, 9.17) is 33.2 Å². The molecule has 17 heteroatoms. The van der Waals surface area contributed by atoms with E-state index in [-0.39, 0.29) is 52.9 Å². The molecule has 11 nitrogen and oxygen atoms in total. The fourth-order valence-electron chi connectivity index (χ4n) is 1.97. The summed E-state index contributed by atoms with van der Waals surface area (Å²) < 4.78 is 115. The number of halogens is 6. The molecule has 0 saturated carbocycles. The predicted molar refractivity (Wildman–Crippen MR) is 110 cm³/mol. The zero-order valence-corrected chi connectivity index (χ0v) is 20.1. The molecule has 0 saturated heterocycles. The van der Waals surface area contributed by atoms with Crippen LogP contribution in [-0.4, -0.2) is 130 Å². The van der Waals surface area contributed by atoms with E-state index in [0.29, 0.717) is 39.6 Å². The van der Waals surface area contributed by atoms with Crippen LogP contribution in [0.25, 0.3) is 0 Å². The zero-order chi connectivity index (χ0) is 27.8. The Morgan fingerprint density at radius 3 is 0.676 bits per heavy atom. The third-order valence-corrected chi connectivity index (χ3v) is 3.62. The maximum Gasteiger partial charge on any atom is 0.490 e. The molecule has 0 aliphatic rings. The third kappa shape index (κ3) is 24.3. The molecule has 0 N–H and O–H groups in total. The number of ether oxygens (including phenoxy) is 9. The molecule has 0 atom stereocenters. The summed E-state index contributed by atoms with van der Waals surface area (Å²) in [7, 11) is 0. The average Bonchev–Trinajstić information content (AvgIpc) is 2.82. The number of alkyl halides is 6. The maximum absolute atomic E-state index is 11.9. The standard InChI is InChI=1S/C20H32F6O11/c21-19(22,23)17(27)36-15-13-34-11-9-32-7-5-30-3-1-29-2-4-31-6-8-33-10-12-35-14-16-37-18(28)20(24,25)26/h1-16H2. The number of carbonyl (C=O) groups excluding carboxylic acids is 2. The second-order valence-electron chi connectivity index (χ2n) is 6.55. The second-order valence-corrected chi connectivity index (χ2v) is 6.55. The van der Waals surface area contributed by atoms with Gasteiger partial charge >= 0.3 is 24.3 Å². The van der Waals surface area contributed by atoms with Gasteiger partial charge in [-0.2, -0.15) is 26.3 Å². The van der Waals surface area contributed by atoms with Crippen molar-refractivity contribution in [2.45, 2.75) is 12.4 Å². The topological polar surface area (TPSA) is 117 Å². The highest BCUT2D eigenvalue weighted by molar-refractivity contribution is 5.75. The summed E-state index contributed by atoms with van der Waals surface area (Å²) in [5.74, 6) is -4.52. The van der Waals surface area contributed by atoms with Crippen LogP contribution in [0.2, 0.25) is 0 Å². The smallest absolute Gasteiger partial charge is 0.457 e. The number of hydrogen-bond acceptors (Lipinski definition) is 11. The van der Waals surface area contributed by atoms with Crippen LogP contribution in [0.4, 0.5) is 26.3 Å². The number of rotatable bonds is 24. The van der Waals surface area contributed by atoms with E-state index >= 15 is 0 Å². The molecule has 37 heavy (non-hydrogen) atoms. The molecular weight excluding hydrogens is 530 g/mol. The van der Waals surface area contributed by atoms with Crippen LogP contribution >= 0.6 is 0 Å². The predicted octanol–water partition coefficient (Wildman–Crippen LogP) is 1.31. The van der Waals surface area contributed by atoms with Gasteiger partial charge in [-0.1, -0.05) is 0 Å². The summed E-state index contributed by atoms with van der Waals surface area (Å²) in [5, 5.41) is 0. The van der Waals surface area contributed by atoms with Crippen LogP contribution in [-0.2, 0) is 52.2 Å². The highest BCUT2D eigenvalue weighted by atomic mass is 19.4. The van der Waals surface area contributed by atoms with E-state index in [0.717, 1.165) is 0 Å². The average molecular weight is 562 g/mol. The molecular formula is C20H32F6O11. The minimum atomic E-state index is -5.02. The van der Waals surface area contributed by atoms with Gasteiger partial charge in [-0.25, -0.2) is 9.59 Å². The zero-order valence-electron chi connectivity index (χ0n) is 20.1. The van der Waals surface area contributed by atoms with Gasteiger partial charge < -0.3 is 42.6 Å².